The first-order valence-corrected chi connectivity index (χ1v) is 7.48. The highest BCUT2D eigenvalue weighted by atomic mass is 16.5. The first kappa shape index (κ1) is 15.0. The van der Waals surface area contributed by atoms with Crippen molar-refractivity contribution in [3.63, 3.8) is 0 Å². The zero-order chi connectivity index (χ0) is 16.0. The van der Waals surface area contributed by atoms with E-state index in [0.29, 0.717) is 30.2 Å². The van der Waals surface area contributed by atoms with Crippen LogP contribution in [0.5, 0.6) is 0 Å². The fourth-order valence-corrected chi connectivity index (χ4v) is 3.48. The number of carbonyl (C=O) groups is 2. The van der Waals surface area contributed by atoms with E-state index in [1.807, 2.05) is 0 Å². The maximum atomic E-state index is 12.9. The van der Waals surface area contributed by atoms with Crippen LogP contribution in [0.1, 0.15) is 28.2 Å². The van der Waals surface area contributed by atoms with E-state index in [9.17, 15) is 9.59 Å². The maximum Gasteiger partial charge on any atom is 0.259 e. The van der Waals surface area contributed by atoms with Gasteiger partial charge in [0.2, 0.25) is 5.91 Å². The molecule has 3 heterocycles. The van der Waals surface area contributed by atoms with E-state index in [-0.39, 0.29) is 29.9 Å². The van der Waals surface area contributed by atoms with Gasteiger partial charge in [0.25, 0.3) is 5.91 Å². The molecule has 0 aromatic carbocycles. The number of hydrogen-bond donors (Lipinski definition) is 0. The van der Waals surface area contributed by atoms with Crippen LogP contribution in [0.15, 0.2) is 4.52 Å². The summed E-state index contributed by atoms with van der Waals surface area (Å²) in [6, 6.07) is -0.0462. The molecule has 2 saturated heterocycles. The summed E-state index contributed by atoms with van der Waals surface area (Å²) in [6.07, 6.45) is 0.552. The molecule has 120 valence electrons. The summed E-state index contributed by atoms with van der Waals surface area (Å²) in [7, 11) is 3.45. The summed E-state index contributed by atoms with van der Waals surface area (Å²) in [4.78, 5) is 28.6. The van der Waals surface area contributed by atoms with Gasteiger partial charge in [0.05, 0.1) is 23.8 Å². The van der Waals surface area contributed by atoms with Crippen molar-refractivity contribution < 1.29 is 18.8 Å². The Morgan fingerprint density at radius 1 is 1.32 bits per heavy atom. The van der Waals surface area contributed by atoms with Gasteiger partial charge in [-0.2, -0.15) is 0 Å². The average molecular weight is 307 g/mol. The quantitative estimate of drug-likeness (QED) is 0.800. The van der Waals surface area contributed by atoms with Gasteiger partial charge in [0, 0.05) is 27.2 Å². The zero-order valence-corrected chi connectivity index (χ0v) is 13.3. The van der Waals surface area contributed by atoms with Gasteiger partial charge >= 0.3 is 0 Å². The predicted octanol–water partition coefficient (Wildman–Crippen LogP) is 0.609. The van der Waals surface area contributed by atoms with Crippen LogP contribution in [0.25, 0.3) is 0 Å². The van der Waals surface area contributed by atoms with Crippen molar-refractivity contribution in [3.8, 4) is 0 Å². The van der Waals surface area contributed by atoms with Gasteiger partial charge in [-0.05, 0) is 20.3 Å². The second-order valence-electron chi connectivity index (χ2n) is 6.19. The molecule has 0 unspecified atom stereocenters. The summed E-state index contributed by atoms with van der Waals surface area (Å²) in [5.41, 5.74) is 1.09. The molecule has 2 aliphatic heterocycles. The third-order valence-corrected chi connectivity index (χ3v) is 4.56. The zero-order valence-electron chi connectivity index (χ0n) is 13.3. The Hall–Kier alpha value is -1.89. The average Bonchev–Trinajstić information content (AvgIpc) is 3.13. The van der Waals surface area contributed by atoms with Gasteiger partial charge in [-0.1, -0.05) is 5.16 Å². The van der Waals surface area contributed by atoms with E-state index in [4.69, 9.17) is 9.26 Å². The Balaban J connectivity index is 1.89. The van der Waals surface area contributed by atoms with Crippen molar-refractivity contribution in [1.29, 1.82) is 0 Å². The molecule has 0 bridgehead atoms. The third-order valence-electron chi connectivity index (χ3n) is 4.56. The SMILES string of the molecule is Cc1noc(C)c1C(=O)N1C[C@H](C(=O)N(C)C)[C@H]2OCC[C@H]21. The fraction of sp³-hybridized carbons (Fsp3) is 0.667. The Bertz CT molecular complexity index is 590. The Morgan fingerprint density at radius 3 is 2.64 bits per heavy atom. The van der Waals surface area contributed by atoms with Crippen molar-refractivity contribution in [3.05, 3.63) is 17.0 Å². The van der Waals surface area contributed by atoms with Crippen molar-refractivity contribution in [1.82, 2.24) is 15.0 Å². The summed E-state index contributed by atoms with van der Waals surface area (Å²) in [5.74, 6) is 0.101. The summed E-state index contributed by atoms with van der Waals surface area (Å²) < 4.78 is 10.8. The largest absolute Gasteiger partial charge is 0.375 e. The standard InChI is InChI=1S/C15H21N3O4/c1-8-12(9(2)22-16-8)15(20)18-7-10(14(19)17(3)4)13-11(18)5-6-21-13/h10-11,13H,5-7H2,1-4H3/t10-,11+,13+/m0/s1. The molecule has 22 heavy (non-hydrogen) atoms. The molecule has 3 atom stereocenters. The molecule has 2 amide bonds. The summed E-state index contributed by atoms with van der Waals surface area (Å²) in [5, 5.41) is 3.85. The molecule has 1 aromatic rings. The van der Waals surface area contributed by atoms with Crippen LogP contribution in [-0.4, -0.2) is 66.2 Å². The van der Waals surface area contributed by atoms with Crippen molar-refractivity contribution in [2.75, 3.05) is 27.2 Å². The molecule has 3 rings (SSSR count). The van der Waals surface area contributed by atoms with E-state index in [0.717, 1.165) is 6.42 Å². The Kier molecular flexibility index (Phi) is 3.68. The van der Waals surface area contributed by atoms with Crippen LogP contribution in [0, 0.1) is 19.8 Å². The minimum atomic E-state index is -0.299. The number of likely N-dealkylation sites (tertiary alicyclic amines) is 1. The smallest absolute Gasteiger partial charge is 0.259 e. The summed E-state index contributed by atoms with van der Waals surface area (Å²) in [6.45, 7) is 4.45. The van der Waals surface area contributed by atoms with Gasteiger partial charge in [0.1, 0.15) is 11.3 Å². The van der Waals surface area contributed by atoms with Gasteiger partial charge in [0.15, 0.2) is 0 Å². The van der Waals surface area contributed by atoms with Gasteiger partial charge in [-0.25, -0.2) is 0 Å². The van der Waals surface area contributed by atoms with Crippen LogP contribution in [-0.2, 0) is 9.53 Å². The topological polar surface area (TPSA) is 75.9 Å². The first-order chi connectivity index (χ1) is 10.4. The van der Waals surface area contributed by atoms with Crippen molar-refractivity contribution in [2.45, 2.75) is 32.4 Å². The number of hydrogen-bond acceptors (Lipinski definition) is 5. The molecule has 7 nitrogen and oxygen atoms in total. The lowest BCUT2D eigenvalue weighted by molar-refractivity contribution is -0.135. The number of ether oxygens (including phenoxy) is 1. The number of rotatable bonds is 2. The molecule has 0 spiro atoms. The van der Waals surface area contributed by atoms with E-state index < -0.39 is 0 Å². The highest BCUT2D eigenvalue weighted by molar-refractivity contribution is 5.97. The van der Waals surface area contributed by atoms with E-state index in [2.05, 4.69) is 5.16 Å². The lowest BCUT2D eigenvalue weighted by Crippen LogP contribution is -2.37. The minimum absolute atomic E-state index is 0.00552. The van der Waals surface area contributed by atoms with Crippen LogP contribution >= 0.6 is 0 Å². The number of nitrogens with zero attached hydrogens (tertiary/aromatic N) is 3. The molecular weight excluding hydrogens is 286 g/mol. The highest BCUT2D eigenvalue weighted by Gasteiger charge is 2.51. The first-order valence-electron chi connectivity index (χ1n) is 7.48. The van der Waals surface area contributed by atoms with E-state index in [1.54, 1.807) is 37.7 Å². The molecule has 2 fully saturated rings. The summed E-state index contributed by atoms with van der Waals surface area (Å²) >= 11 is 0. The predicted molar refractivity (Wildman–Crippen MR) is 77.3 cm³/mol. The molecule has 0 N–H and O–H groups in total. The minimum Gasteiger partial charge on any atom is -0.375 e. The lowest BCUT2D eigenvalue weighted by Gasteiger charge is -2.22. The molecule has 0 aliphatic carbocycles. The lowest BCUT2D eigenvalue weighted by atomic mass is 10.0. The third kappa shape index (κ3) is 2.20. The van der Waals surface area contributed by atoms with Crippen LogP contribution < -0.4 is 0 Å². The number of aromatic nitrogens is 1. The molecule has 0 radical (unpaired) electrons. The number of carbonyl (C=O) groups excluding carboxylic acids is 2. The second kappa shape index (κ2) is 5.39. The number of aryl methyl sites for hydroxylation is 2. The second-order valence-corrected chi connectivity index (χ2v) is 6.19. The van der Waals surface area contributed by atoms with Gasteiger partial charge < -0.3 is 19.1 Å². The maximum absolute atomic E-state index is 12.9. The molecular formula is C15H21N3O4. The highest BCUT2D eigenvalue weighted by Crippen LogP contribution is 2.35. The Morgan fingerprint density at radius 2 is 2.05 bits per heavy atom. The molecule has 1 aromatic heterocycles. The van der Waals surface area contributed by atoms with E-state index in [1.165, 1.54) is 0 Å². The number of amides is 2. The Labute approximate surface area is 129 Å². The molecule has 0 saturated carbocycles. The van der Waals surface area contributed by atoms with Crippen LogP contribution in [0.4, 0.5) is 0 Å². The fourth-order valence-electron chi connectivity index (χ4n) is 3.48. The molecule has 2 aliphatic rings. The monoisotopic (exact) mass is 307 g/mol. The van der Waals surface area contributed by atoms with Crippen LogP contribution in [0.2, 0.25) is 0 Å². The van der Waals surface area contributed by atoms with Crippen molar-refractivity contribution >= 4 is 11.8 Å². The van der Waals surface area contributed by atoms with Crippen molar-refractivity contribution in [2.24, 2.45) is 5.92 Å². The van der Waals surface area contributed by atoms with Crippen LogP contribution in [0.3, 0.4) is 0 Å². The van der Waals surface area contributed by atoms with E-state index >= 15 is 0 Å². The molecule has 7 heteroatoms. The number of fused-ring (bicyclic) bond motifs is 1. The van der Waals surface area contributed by atoms with Gasteiger partial charge in [-0.3, -0.25) is 9.59 Å². The normalized spacial score (nSPS) is 27.1. The van der Waals surface area contributed by atoms with Gasteiger partial charge in [-0.15, -0.1) is 0 Å².